The van der Waals surface area contributed by atoms with Crippen LogP contribution in [0.15, 0.2) is 0 Å². The lowest BCUT2D eigenvalue weighted by Crippen LogP contribution is -2.51. The number of rotatable bonds is 4. The van der Waals surface area contributed by atoms with Gasteiger partial charge in [-0.25, -0.2) is 13.2 Å². The summed E-state index contributed by atoms with van der Waals surface area (Å²) in [5.41, 5.74) is 5.41. The number of ether oxygens (including phenoxy) is 1. The van der Waals surface area contributed by atoms with Gasteiger partial charge in [-0.2, -0.15) is 0 Å². The van der Waals surface area contributed by atoms with Crippen LogP contribution in [0.25, 0.3) is 0 Å². The molecule has 1 aliphatic heterocycles. The molecule has 0 aromatic carbocycles. The van der Waals surface area contributed by atoms with Crippen LogP contribution in [-0.2, 0) is 24.2 Å². The first kappa shape index (κ1) is 14.9. The van der Waals surface area contributed by atoms with Gasteiger partial charge in [-0.05, 0) is 19.8 Å². The first-order valence-electron chi connectivity index (χ1n) is 5.78. The number of hydrogen-bond donors (Lipinski definition) is 2. The van der Waals surface area contributed by atoms with Crippen molar-refractivity contribution in [1.82, 2.24) is 5.32 Å². The van der Waals surface area contributed by atoms with Gasteiger partial charge in [-0.3, -0.25) is 4.79 Å². The minimum atomic E-state index is -2.97. The fourth-order valence-corrected chi connectivity index (χ4v) is 3.16. The van der Waals surface area contributed by atoms with E-state index in [1.807, 2.05) is 0 Å². The van der Waals surface area contributed by atoms with Gasteiger partial charge < -0.3 is 15.8 Å². The van der Waals surface area contributed by atoms with Gasteiger partial charge in [0.15, 0.2) is 6.04 Å². The predicted octanol–water partition coefficient (Wildman–Crippen LogP) is -1.43. The molecule has 1 saturated heterocycles. The summed E-state index contributed by atoms with van der Waals surface area (Å²) in [4.78, 5) is 22.8. The molecule has 0 aromatic heterocycles. The van der Waals surface area contributed by atoms with Gasteiger partial charge in [-0.1, -0.05) is 0 Å². The molecule has 0 aromatic rings. The lowest BCUT2D eigenvalue weighted by atomic mass is 10.1. The molecule has 18 heavy (non-hydrogen) atoms. The molecular weight excluding hydrogens is 260 g/mol. The van der Waals surface area contributed by atoms with Gasteiger partial charge in [0.25, 0.3) is 0 Å². The maximum absolute atomic E-state index is 11.6. The third-order valence-corrected chi connectivity index (χ3v) is 4.44. The van der Waals surface area contributed by atoms with E-state index in [2.05, 4.69) is 10.1 Å². The quantitative estimate of drug-likeness (QED) is 0.481. The Morgan fingerprint density at radius 1 is 1.39 bits per heavy atom. The maximum Gasteiger partial charge on any atom is 0.332 e. The first-order valence-corrected chi connectivity index (χ1v) is 7.61. The summed E-state index contributed by atoms with van der Waals surface area (Å²) >= 11 is 0. The number of carbonyl (C=O) groups is 2. The number of esters is 1. The van der Waals surface area contributed by atoms with E-state index < -0.39 is 27.8 Å². The van der Waals surface area contributed by atoms with Crippen LogP contribution in [0.2, 0.25) is 0 Å². The summed E-state index contributed by atoms with van der Waals surface area (Å²) in [6, 6.07) is -1.61. The molecule has 0 radical (unpaired) electrons. The van der Waals surface area contributed by atoms with E-state index in [0.29, 0.717) is 12.8 Å². The molecule has 1 amide bonds. The molecule has 0 saturated carbocycles. The number of nitrogens with two attached hydrogens (primary N) is 1. The summed E-state index contributed by atoms with van der Waals surface area (Å²) in [6.07, 6.45) is 0.702. The monoisotopic (exact) mass is 278 g/mol. The molecule has 1 fully saturated rings. The Labute approximate surface area is 106 Å². The Morgan fingerprint density at radius 3 is 2.44 bits per heavy atom. The molecular formula is C10H18N2O5S. The third-order valence-electron chi connectivity index (χ3n) is 2.72. The van der Waals surface area contributed by atoms with Gasteiger partial charge in [0.2, 0.25) is 5.91 Å². The molecule has 0 aliphatic carbocycles. The number of amides is 1. The average molecular weight is 278 g/mol. The standard InChI is InChI=1S/C10H18N2O5S/c1-2-17-10(14)8(11)9(13)12-7-3-5-18(15,16)6-4-7/h7-8H,2-6,11H2,1H3,(H,12,13). The van der Waals surface area contributed by atoms with Crippen LogP contribution in [0.1, 0.15) is 19.8 Å². The molecule has 1 heterocycles. The zero-order chi connectivity index (χ0) is 13.8. The molecule has 8 heteroatoms. The van der Waals surface area contributed by atoms with Gasteiger partial charge in [-0.15, -0.1) is 0 Å². The third kappa shape index (κ3) is 4.26. The molecule has 1 aliphatic rings. The van der Waals surface area contributed by atoms with Crippen molar-refractivity contribution in [3.05, 3.63) is 0 Å². The highest BCUT2D eigenvalue weighted by Crippen LogP contribution is 2.12. The number of nitrogens with one attached hydrogen (secondary N) is 1. The van der Waals surface area contributed by atoms with Crippen molar-refractivity contribution in [3.8, 4) is 0 Å². The van der Waals surface area contributed by atoms with Crippen molar-refractivity contribution >= 4 is 21.7 Å². The van der Waals surface area contributed by atoms with E-state index in [4.69, 9.17) is 5.73 Å². The molecule has 0 bridgehead atoms. The van der Waals surface area contributed by atoms with E-state index in [1.54, 1.807) is 6.92 Å². The summed E-state index contributed by atoms with van der Waals surface area (Å²) in [7, 11) is -2.97. The average Bonchev–Trinajstić information content (AvgIpc) is 2.31. The van der Waals surface area contributed by atoms with E-state index in [0.717, 1.165) is 0 Å². The van der Waals surface area contributed by atoms with Crippen LogP contribution in [0, 0.1) is 0 Å². The van der Waals surface area contributed by atoms with E-state index >= 15 is 0 Å². The Hall–Kier alpha value is -1.15. The van der Waals surface area contributed by atoms with E-state index in [1.165, 1.54) is 0 Å². The summed E-state index contributed by atoms with van der Waals surface area (Å²) in [6.45, 7) is 1.77. The SMILES string of the molecule is CCOC(=O)C(N)C(=O)NC1CCS(=O)(=O)CC1. The van der Waals surface area contributed by atoms with Crippen molar-refractivity contribution in [3.63, 3.8) is 0 Å². The summed E-state index contributed by atoms with van der Waals surface area (Å²) in [5, 5.41) is 2.57. The van der Waals surface area contributed by atoms with E-state index in [-0.39, 0.29) is 24.2 Å². The van der Waals surface area contributed by atoms with Gasteiger partial charge >= 0.3 is 5.97 Å². The van der Waals surface area contributed by atoms with Crippen LogP contribution < -0.4 is 11.1 Å². The minimum Gasteiger partial charge on any atom is -0.464 e. The minimum absolute atomic E-state index is 0.0482. The van der Waals surface area contributed by atoms with Gasteiger partial charge in [0.05, 0.1) is 18.1 Å². The van der Waals surface area contributed by atoms with Gasteiger partial charge in [0.1, 0.15) is 9.84 Å². The Kier molecular flexibility index (Phi) is 5.09. The summed E-state index contributed by atoms with van der Waals surface area (Å²) < 4.78 is 27.0. The fraction of sp³-hybridized carbons (Fsp3) is 0.800. The highest BCUT2D eigenvalue weighted by molar-refractivity contribution is 7.91. The molecule has 1 rings (SSSR count). The molecule has 1 unspecified atom stereocenters. The largest absolute Gasteiger partial charge is 0.464 e. The van der Waals surface area contributed by atoms with Gasteiger partial charge in [0, 0.05) is 6.04 Å². The van der Waals surface area contributed by atoms with Crippen molar-refractivity contribution in [1.29, 1.82) is 0 Å². The molecule has 3 N–H and O–H groups in total. The molecule has 1 atom stereocenters. The maximum atomic E-state index is 11.6. The fourth-order valence-electron chi connectivity index (χ4n) is 1.66. The Bertz CT molecular complexity index is 406. The zero-order valence-corrected chi connectivity index (χ0v) is 11.0. The lowest BCUT2D eigenvalue weighted by molar-refractivity contribution is -0.148. The zero-order valence-electron chi connectivity index (χ0n) is 10.2. The van der Waals surface area contributed by atoms with Crippen molar-refractivity contribution < 1.29 is 22.7 Å². The second kappa shape index (κ2) is 6.14. The Morgan fingerprint density at radius 2 is 1.94 bits per heavy atom. The van der Waals surface area contributed by atoms with Crippen molar-refractivity contribution in [2.75, 3.05) is 18.1 Å². The van der Waals surface area contributed by atoms with Crippen LogP contribution in [0.5, 0.6) is 0 Å². The van der Waals surface area contributed by atoms with Crippen LogP contribution in [0.4, 0.5) is 0 Å². The second-order valence-electron chi connectivity index (χ2n) is 4.16. The Balaban J connectivity index is 2.43. The molecule has 0 spiro atoms. The smallest absolute Gasteiger partial charge is 0.332 e. The summed E-state index contributed by atoms with van der Waals surface area (Å²) in [5.74, 6) is -1.31. The van der Waals surface area contributed by atoms with Crippen LogP contribution >= 0.6 is 0 Å². The van der Waals surface area contributed by atoms with Crippen LogP contribution in [0.3, 0.4) is 0 Å². The van der Waals surface area contributed by atoms with E-state index in [9.17, 15) is 18.0 Å². The highest BCUT2D eigenvalue weighted by atomic mass is 32.2. The normalized spacial score (nSPS) is 21.0. The number of hydrogen-bond acceptors (Lipinski definition) is 6. The van der Waals surface area contributed by atoms with Crippen molar-refractivity contribution in [2.45, 2.75) is 31.8 Å². The van der Waals surface area contributed by atoms with Crippen LogP contribution in [-0.4, -0.2) is 50.5 Å². The molecule has 7 nitrogen and oxygen atoms in total. The second-order valence-corrected chi connectivity index (χ2v) is 6.47. The number of sulfone groups is 1. The number of carbonyl (C=O) groups excluding carboxylic acids is 2. The predicted molar refractivity (Wildman–Crippen MR) is 64.4 cm³/mol. The highest BCUT2D eigenvalue weighted by Gasteiger charge is 2.29. The lowest BCUT2D eigenvalue weighted by Gasteiger charge is -2.24. The topological polar surface area (TPSA) is 116 Å². The molecule has 104 valence electrons. The van der Waals surface area contributed by atoms with Crippen molar-refractivity contribution in [2.24, 2.45) is 5.73 Å². The first-order chi connectivity index (χ1) is 8.35.